The number of nitrogens with zero attached hydrogens (tertiary/aromatic N) is 1. The van der Waals surface area contributed by atoms with Crippen LogP contribution in [0.1, 0.15) is 23.7 Å². The molecule has 0 aliphatic carbocycles. The van der Waals surface area contributed by atoms with Gasteiger partial charge in [0.25, 0.3) is 0 Å². The van der Waals surface area contributed by atoms with Gasteiger partial charge in [0.2, 0.25) is 0 Å². The van der Waals surface area contributed by atoms with E-state index in [0.717, 1.165) is 18.2 Å². The zero-order valence-corrected chi connectivity index (χ0v) is 12.1. The molecule has 0 aliphatic rings. The lowest BCUT2D eigenvalue weighted by Gasteiger charge is -2.07. The van der Waals surface area contributed by atoms with Crippen molar-refractivity contribution in [2.45, 2.75) is 13.3 Å². The predicted molar refractivity (Wildman–Crippen MR) is 74.5 cm³/mol. The van der Waals surface area contributed by atoms with Gasteiger partial charge < -0.3 is 9.84 Å². The van der Waals surface area contributed by atoms with Gasteiger partial charge in [-0.3, -0.25) is 10.1 Å². The van der Waals surface area contributed by atoms with Crippen molar-refractivity contribution in [2.24, 2.45) is 0 Å². The summed E-state index contributed by atoms with van der Waals surface area (Å²) in [4.78, 5) is 21.0. The van der Waals surface area contributed by atoms with Crippen molar-refractivity contribution in [1.29, 1.82) is 0 Å². The molecule has 0 aromatic heterocycles. The fourth-order valence-electron chi connectivity index (χ4n) is 1.52. The summed E-state index contributed by atoms with van der Waals surface area (Å²) in [6.07, 6.45) is 0.171. The molecule has 0 amide bonds. The highest BCUT2D eigenvalue weighted by molar-refractivity contribution is 7.91. The molecule has 0 radical (unpaired) electrons. The molecule has 0 atom stereocenters. The van der Waals surface area contributed by atoms with E-state index in [1.54, 1.807) is 0 Å². The number of carboxylic acids is 1. The Balaban J connectivity index is 2.79. The largest absolute Gasteiger partial charge is 0.487 e. The molecule has 0 saturated heterocycles. The number of aromatic carboxylic acids is 1. The third-order valence-corrected chi connectivity index (χ3v) is 4.49. The first-order valence-corrected chi connectivity index (χ1v) is 7.94. The predicted octanol–water partition coefficient (Wildman–Crippen LogP) is 1.50. The number of nitro groups is 1. The molecule has 1 rings (SSSR count). The SMILES string of the molecule is CCS(=O)(=O)CCCOc1cc(C(=O)O)ccc1[N+](=O)[O-]. The number of carboxylic acid groups (broad SMARTS) is 1. The molecule has 0 spiro atoms. The summed E-state index contributed by atoms with van der Waals surface area (Å²) >= 11 is 0. The first-order valence-electron chi connectivity index (χ1n) is 6.12. The lowest BCUT2D eigenvalue weighted by atomic mass is 10.2. The maximum absolute atomic E-state index is 11.3. The van der Waals surface area contributed by atoms with E-state index in [-0.39, 0.29) is 41.5 Å². The van der Waals surface area contributed by atoms with Crippen LogP contribution in [0.5, 0.6) is 5.75 Å². The maximum Gasteiger partial charge on any atom is 0.335 e. The lowest BCUT2D eigenvalue weighted by molar-refractivity contribution is -0.385. The Morgan fingerprint density at radius 2 is 2.10 bits per heavy atom. The van der Waals surface area contributed by atoms with Gasteiger partial charge in [0.1, 0.15) is 9.84 Å². The number of hydrogen-bond acceptors (Lipinski definition) is 6. The normalized spacial score (nSPS) is 11.1. The highest BCUT2D eigenvalue weighted by Crippen LogP contribution is 2.28. The maximum atomic E-state index is 11.3. The van der Waals surface area contributed by atoms with Gasteiger partial charge in [-0.2, -0.15) is 0 Å². The Labute approximate surface area is 121 Å². The van der Waals surface area contributed by atoms with Crippen LogP contribution in [0, 0.1) is 10.1 Å². The topological polar surface area (TPSA) is 124 Å². The first kappa shape index (κ1) is 16.9. The molecular formula is C12H15NO7S. The van der Waals surface area contributed by atoms with Crippen molar-refractivity contribution >= 4 is 21.5 Å². The third kappa shape index (κ3) is 5.03. The van der Waals surface area contributed by atoms with E-state index >= 15 is 0 Å². The summed E-state index contributed by atoms with van der Waals surface area (Å²) in [6, 6.07) is 3.20. The average molecular weight is 317 g/mol. The summed E-state index contributed by atoms with van der Waals surface area (Å²) in [7, 11) is -3.13. The summed E-state index contributed by atoms with van der Waals surface area (Å²) < 4.78 is 27.7. The van der Waals surface area contributed by atoms with Crippen LogP contribution >= 0.6 is 0 Å². The molecule has 0 unspecified atom stereocenters. The Kier molecular flexibility index (Phi) is 5.65. The minimum absolute atomic E-state index is 0.0155. The molecule has 9 heteroatoms. The van der Waals surface area contributed by atoms with Crippen molar-refractivity contribution in [2.75, 3.05) is 18.1 Å². The second kappa shape index (κ2) is 7.02. The van der Waals surface area contributed by atoms with Crippen LogP contribution in [0.4, 0.5) is 5.69 Å². The van der Waals surface area contributed by atoms with Gasteiger partial charge >= 0.3 is 11.7 Å². The van der Waals surface area contributed by atoms with Gasteiger partial charge in [-0.05, 0) is 12.5 Å². The Morgan fingerprint density at radius 3 is 2.62 bits per heavy atom. The standard InChI is InChI=1S/C12H15NO7S/c1-2-21(18,19)7-3-6-20-11-8-9(12(14)15)4-5-10(11)13(16)17/h4-5,8H,2-3,6-7H2,1H3,(H,14,15). The van der Waals surface area contributed by atoms with Crippen molar-refractivity contribution in [1.82, 2.24) is 0 Å². The minimum atomic E-state index is -3.13. The Morgan fingerprint density at radius 1 is 1.43 bits per heavy atom. The number of ether oxygens (including phenoxy) is 1. The van der Waals surface area contributed by atoms with E-state index in [1.165, 1.54) is 6.92 Å². The molecule has 21 heavy (non-hydrogen) atoms. The molecule has 0 aliphatic heterocycles. The smallest absolute Gasteiger partial charge is 0.335 e. The molecule has 1 aromatic carbocycles. The summed E-state index contributed by atoms with van der Waals surface area (Å²) in [5, 5.41) is 19.7. The van der Waals surface area contributed by atoms with Crippen LogP contribution in [0.25, 0.3) is 0 Å². The van der Waals surface area contributed by atoms with Crippen molar-refractivity contribution in [3.8, 4) is 5.75 Å². The van der Waals surface area contributed by atoms with E-state index in [0.29, 0.717) is 0 Å². The number of rotatable bonds is 8. The minimum Gasteiger partial charge on any atom is -0.487 e. The van der Waals surface area contributed by atoms with Gasteiger partial charge in [-0.1, -0.05) is 6.92 Å². The molecule has 1 N–H and O–H groups in total. The van der Waals surface area contributed by atoms with E-state index in [4.69, 9.17) is 9.84 Å². The summed E-state index contributed by atoms with van der Waals surface area (Å²) in [6.45, 7) is 1.47. The van der Waals surface area contributed by atoms with Gasteiger partial charge in [0, 0.05) is 17.9 Å². The van der Waals surface area contributed by atoms with E-state index in [2.05, 4.69) is 0 Å². The molecular weight excluding hydrogens is 302 g/mol. The van der Waals surface area contributed by atoms with Gasteiger partial charge in [-0.15, -0.1) is 0 Å². The zero-order chi connectivity index (χ0) is 16.0. The molecule has 0 fully saturated rings. The number of sulfone groups is 1. The van der Waals surface area contributed by atoms with E-state index in [9.17, 15) is 23.3 Å². The molecule has 0 bridgehead atoms. The Bertz CT molecular complexity index is 639. The number of carbonyl (C=O) groups is 1. The van der Waals surface area contributed by atoms with Crippen molar-refractivity contribution in [3.63, 3.8) is 0 Å². The first-order chi connectivity index (χ1) is 9.76. The molecule has 0 saturated carbocycles. The fourth-order valence-corrected chi connectivity index (χ4v) is 2.37. The fraction of sp³-hybridized carbons (Fsp3) is 0.417. The monoisotopic (exact) mass is 317 g/mol. The van der Waals surface area contributed by atoms with Crippen LogP contribution < -0.4 is 4.74 Å². The number of benzene rings is 1. The lowest BCUT2D eigenvalue weighted by Crippen LogP contribution is -2.12. The van der Waals surface area contributed by atoms with Gasteiger partial charge in [-0.25, -0.2) is 13.2 Å². The number of hydrogen-bond donors (Lipinski definition) is 1. The molecule has 8 nitrogen and oxygen atoms in total. The average Bonchev–Trinajstić information content (AvgIpc) is 2.43. The molecule has 1 aromatic rings. The van der Waals surface area contributed by atoms with Gasteiger partial charge in [0.15, 0.2) is 5.75 Å². The highest BCUT2D eigenvalue weighted by atomic mass is 32.2. The number of nitro benzene ring substituents is 1. The van der Waals surface area contributed by atoms with Crippen molar-refractivity contribution < 1.29 is 28.0 Å². The van der Waals surface area contributed by atoms with E-state index in [1.807, 2.05) is 0 Å². The van der Waals surface area contributed by atoms with E-state index < -0.39 is 20.7 Å². The second-order valence-electron chi connectivity index (χ2n) is 4.18. The van der Waals surface area contributed by atoms with Crippen LogP contribution in [0.2, 0.25) is 0 Å². The Hall–Kier alpha value is -2.16. The van der Waals surface area contributed by atoms with Crippen LogP contribution in [-0.4, -0.2) is 42.5 Å². The highest BCUT2D eigenvalue weighted by Gasteiger charge is 2.18. The van der Waals surface area contributed by atoms with Crippen LogP contribution in [-0.2, 0) is 9.84 Å². The molecule has 116 valence electrons. The third-order valence-electron chi connectivity index (χ3n) is 2.70. The summed E-state index contributed by atoms with van der Waals surface area (Å²) in [5.74, 6) is -1.49. The van der Waals surface area contributed by atoms with Crippen LogP contribution in [0.3, 0.4) is 0 Å². The summed E-state index contributed by atoms with van der Waals surface area (Å²) in [5.41, 5.74) is -0.505. The van der Waals surface area contributed by atoms with Crippen LogP contribution in [0.15, 0.2) is 18.2 Å². The zero-order valence-electron chi connectivity index (χ0n) is 11.3. The molecule has 0 heterocycles. The van der Waals surface area contributed by atoms with Gasteiger partial charge in [0.05, 0.1) is 22.8 Å². The quantitative estimate of drug-likeness (QED) is 0.437. The second-order valence-corrected chi connectivity index (χ2v) is 6.66. The van der Waals surface area contributed by atoms with Crippen molar-refractivity contribution in [3.05, 3.63) is 33.9 Å².